The third-order valence-electron chi connectivity index (χ3n) is 4.19. The Labute approximate surface area is 113 Å². The average molecular weight is 261 g/mol. The van der Waals surface area contributed by atoms with Crippen LogP contribution in [0, 0.1) is 0 Å². The van der Waals surface area contributed by atoms with Crippen LogP contribution in [-0.4, -0.2) is 48.1 Å². The van der Waals surface area contributed by atoms with Gasteiger partial charge in [0.2, 0.25) is 0 Å². The van der Waals surface area contributed by atoms with Crippen molar-refractivity contribution in [2.45, 2.75) is 24.9 Å². The lowest BCUT2D eigenvalue weighted by Gasteiger charge is -2.47. The molecule has 1 spiro atoms. The number of nitrogens with one attached hydrogen (secondary N) is 1. The second kappa shape index (κ2) is 4.81. The highest BCUT2D eigenvalue weighted by atomic mass is 16.5. The third kappa shape index (κ3) is 2.30. The van der Waals surface area contributed by atoms with Crippen LogP contribution < -0.4 is 5.32 Å². The molecule has 0 saturated carbocycles. The maximum Gasteiger partial charge on any atom is 0.254 e. The number of rotatable bonds is 2. The van der Waals surface area contributed by atoms with Gasteiger partial charge in [-0.05, 0) is 31.4 Å². The van der Waals surface area contributed by atoms with E-state index in [9.17, 15) is 4.79 Å². The molecule has 1 aromatic rings. The molecule has 2 fully saturated rings. The average Bonchev–Trinajstić information content (AvgIpc) is 2.45. The molecule has 3 rings (SSSR count). The van der Waals surface area contributed by atoms with Gasteiger partial charge in [-0.15, -0.1) is 0 Å². The second-order valence-electron chi connectivity index (χ2n) is 5.25. The van der Waals surface area contributed by atoms with Crippen molar-refractivity contribution in [2.24, 2.45) is 0 Å². The predicted molar refractivity (Wildman–Crippen MR) is 72.2 cm³/mol. The second-order valence-corrected chi connectivity index (χ2v) is 5.25. The molecule has 0 unspecified atom stereocenters. The minimum absolute atomic E-state index is 0.0885. The van der Waals surface area contributed by atoms with Crippen LogP contribution >= 0.6 is 0 Å². The molecule has 1 aromatic heterocycles. The molecule has 19 heavy (non-hydrogen) atoms. The Kier molecular flexibility index (Phi) is 3.14. The maximum absolute atomic E-state index is 12.4. The number of aromatic nitrogens is 1. The molecule has 3 heterocycles. The van der Waals surface area contributed by atoms with Crippen molar-refractivity contribution >= 4 is 11.7 Å². The molecular weight excluding hydrogens is 242 g/mol. The summed E-state index contributed by atoms with van der Waals surface area (Å²) in [4.78, 5) is 18.5. The monoisotopic (exact) mass is 261 g/mol. The van der Waals surface area contributed by atoms with Gasteiger partial charge in [0.25, 0.3) is 5.91 Å². The van der Waals surface area contributed by atoms with Crippen molar-refractivity contribution < 1.29 is 9.53 Å². The number of pyridine rings is 1. The Hall–Kier alpha value is -1.62. The van der Waals surface area contributed by atoms with Gasteiger partial charge >= 0.3 is 0 Å². The first-order chi connectivity index (χ1) is 9.22. The summed E-state index contributed by atoms with van der Waals surface area (Å²) in [6.45, 7) is 2.45. The molecule has 0 aromatic carbocycles. The van der Waals surface area contributed by atoms with E-state index in [-0.39, 0.29) is 11.5 Å². The number of hydrogen-bond acceptors (Lipinski definition) is 4. The van der Waals surface area contributed by atoms with Crippen LogP contribution in [-0.2, 0) is 4.74 Å². The van der Waals surface area contributed by atoms with Crippen molar-refractivity contribution in [1.29, 1.82) is 0 Å². The summed E-state index contributed by atoms with van der Waals surface area (Å²) in [5, 5.41) is 2.95. The SMILES string of the molecule is CNc1cc(C(=O)N2CCC3(CCO3)CC2)ccn1. The number of ether oxygens (including phenoxy) is 1. The van der Waals surface area contributed by atoms with Gasteiger partial charge in [0.15, 0.2) is 0 Å². The smallest absolute Gasteiger partial charge is 0.254 e. The lowest BCUT2D eigenvalue weighted by molar-refractivity contribution is -0.169. The molecule has 1 amide bonds. The van der Waals surface area contributed by atoms with E-state index < -0.39 is 0 Å². The third-order valence-corrected chi connectivity index (χ3v) is 4.19. The van der Waals surface area contributed by atoms with Crippen molar-refractivity contribution in [1.82, 2.24) is 9.88 Å². The van der Waals surface area contributed by atoms with Crippen LogP contribution in [0.5, 0.6) is 0 Å². The van der Waals surface area contributed by atoms with Crippen molar-refractivity contribution in [3.8, 4) is 0 Å². The number of carbonyl (C=O) groups is 1. The largest absolute Gasteiger partial charge is 0.375 e. The van der Waals surface area contributed by atoms with Gasteiger partial charge in [-0.3, -0.25) is 4.79 Å². The fourth-order valence-electron chi connectivity index (χ4n) is 2.79. The Balaban J connectivity index is 1.67. The van der Waals surface area contributed by atoms with E-state index in [1.807, 2.05) is 4.90 Å². The van der Waals surface area contributed by atoms with Crippen molar-refractivity contribution in [2.75, 3.05) is 32.1 Å². The van der Waals surface area contributed by atoms with Gasteiger partial charge in [0.05, 0.1) is 12.2 Å². The van der Waals surface area contributed by atoms with E-state index in [4.69, 9.17) is 4.74 Å². The summed E-state index contributed by atoms with van der Waals surface area (Å²) in [5.41, 5.74) is 0.787. The molecule has 2 saturated heterocycles. The highest BCUT2D eigenvalue weighted by Gasteiger charge is 2.41. The van der Waals surface area contributed by atoms with E-state index in [2.05, 4.69) is 10.3 Å². The first-order valence-corrected chi connectivity index (χ1v) is 6.79. The predicted octanol–water partition coefficient (Wildman–Crippen LogP) is 1.52. The Bertz CT molecular complexity index is 475. The molecule has 1 N–H and O–H groups in total. The maximum atomic E-state index is 12.4. The fourth-order valence-corrected chi connectivity index (χ4v) is 2.79. The first-order valence-electron chi connectivity index (χ1n) is 6.79. The number of anilines is 1. The number of nitrogens with zero attached hydrogens (tertiary/aromatic N) is 2. The number of amides is 1. The van der Waals surface area contributed by atoms with Gasteiger partial charge < -0.3 is 15.0 Å². The fraction of sp³-hybridized carbons (Fsp3) is 0.571. The number of likely N-dealkylation sites (tertiary alicyclic amines) is 1. The summed E-state index contributed by atoms with van der Waals surface area (Å²) in [5.74, 6) is 0.815. The zero-order chi connectivity index (χ0) is 13.3. The Morgan fingerprint density at radius 3 is 2.74 bits per heavy atom. The zero-order valence-electron chi connectivity index (χ0n) is 11.2. The van der Waals surface area contributed by atoms with Crippen molar-refractivity contribution in [3.05, 3.63) is 23.9 Å². The van der Waals surface area contributed by atoms with Gasteiger partial charge in [0.1, 0.15) is 5.82 Å². The van der Waals surface area contributed by atoms with E-state index in [1.165, 1.54) is 0 Å². The molecule has 5 heteroatoms. The Morgan fingerprint density at radius 1 is 1.42 bits per heavy atom. The van der Waals surface area contributed by atoms with E-state index in [0.29, 0.717) is 5.56 Å². The summed E-state index contributed by atoms with van der Waals surface area (Å²) in [6, 6.07) is 3.57. The minimum Gasteiger partial charge on any atom is -0.375 e. The quantitative estimate of drug-likeness (QED) is 0.877. The molecule has 0 radical (unpaired) electrons. The van der Waals surface area contributed by atoms with Crippen molar-refractivity contribution in [3.63, 3.8) is 0 Å². The number of carbonyl (C=O) groups excluding carboxylic acids is 1. The van der Waals surface area contributed by atoms with Crippen LogP contribution in [0.15, 0.2) is 18.3 Å². The number of hydrogen-bond donors (Lipinski definition) is 1. The molecule has 0 atom stereocenters. The van der Waals surface area contributed by atoms with Crippen LogP contribution in [0.2, 0.25) is 0 Å². The first kappa shape index (κ1) is 12.4. The van der Waals surface area contributed by atoms with Gasteiger partial charge in [0, 0.05) is 31.9 Å². The molecular formula is C14H19N3O2. The molecule has 0 aliphatic carbocycles. The van der Waals surface area contributed by atoms with Crippen LogP contribution in [0.4, 0.5) is 5.82 Å². The molecule has 2 aliphatic heterocycles. The standard InChI is InChI=1S/C14H19N3O2/c1-15-12-10-11(2-6-16-12)13(18)17-7-3-14(4-8-17)5-9-19-14/h2,6,10H,3-5,7-9H2,1H3,(H,15,16). The lowest BCUT2D eigenvalue weighted by atomic mass is 9.84. The van der Waals surface area contributed by atoms with Crippen LogP contribution in [0.3, 0.4) is 0 Å². The highest BCUT2D eigenvalue weighted by molar-refractivity contribution is 5.94. The molecule has 2 aliphatic rings. The van der Waals surface area contributed by atoms with Crippen LogP contribution in [0.25, 0.3) is 0 Å². The van der Waals surface area contributed by atoms with Gasteiger partial charge in [-0.2, -0.15) is 0 Å². The van der Waals surface area contributed by atoms with E-state index in [1.54, 1.807) is 25.4 Å². The van der Waals surface area contributed by atoms with Gasteiger partial charge in [-0.25, -0.2) is 4.98 Å². The van der Waals surface area contributed by atoms with E-state index in [0.717, 1.165) is 44.8 Å². The van der Waals surface area contributed by atoms with E-state index >= 15 is 0 Å². The molecule has 0 bridgehead atoms. The van der Waals surface area contributed by atoms with Crippen LogP contribution in [0.1, 0.15) is 29.6 Å². The normalized spacial score (nSPS) is 21.0. The lowest BCUT2D eigenvalue weighted by Crippen LogP contribution is -2.53. The summed E-state index contributed by atoms with van der Waals surface area (Å²) >= 11 is 0. The number of piperidine rings is 1. The zero-order valence-corrected chi connectivity index (χ0v) is 11.2. The Morgan fingerprint density at radius 2 is 2.16 bits per heavy atom. The summed E-state index contributed by atoms with van der Waals surface area (Å²) in [6.07, 6.45) is 4.74. The molecule has 102 valence electrons. The topological polar surface area (TPSA) is 54.5 Å². The van der Waals surface area contributed by atoms with Gasteiger partial charge in [-0.1, -0.05) is 0 Å². The summed E-state index contributed by atoms with van der Waals surface area (Å²) < 4.78 is 5.67. The summed E-state index contributed by atoms with van der Waals surface area (Å²) in [7, 11) is 1.80. The minimum atomic E-state index is 0.0885. The molecule has 5 nitrogen and oxygen atoms in total. The highest BCUT2D eigenvalue weighted by Crippen LogP contribution is 2.36.